The van der Waals surface area contributed by atoms with Crippen LogP contribution in [-0.4, -0.2) is 39.9 Å². The highest BCUT2D eigenvalue weighted by Gasteiger charge is 2.28. The van der Waals surface area contributed by atoms with E-state index in [1.807, 2.05) is 0 Å². The predicted molar refractivity (Wildman–Crippen MR) is 321 cm³/mol. The van der Waals surface area contributed by atoms with Gasteiger partial charge in [0.05, 0.1) is 0 Å². The molecule has 0 spiro atoms. The summed E-state index contributed by atoms with van der Waals surface area (Å²) in [6.45, 7) is 13.8. The van der Waals surface area contributed by atoms with E-state index in [0.29, 0.717) is 11.6 Å². The second-order valence-corrected chi connectivity index (χ2v) is 22.8. The lowest BCUT2D eigenvalue weighted by atomic mass is 9.91. The summed E-state index contributed by atoms with van der Waals surface area (Å²) in [5.74, 6) is 2.94. The van der Waals surface area contributed by atoms with E-state index in [4.69, 9.17) is 29.9 Å². The molecule has 4 aromatic heterocycles. The second-order valence-electron chi connectivity index (χ2n) is 22.1. The van der Waals surface area contributed by atoms with Crippen molar-refractivity contribution in [2.24, 2.45) is 0 Å². The minimum absolute atomic E-state index is 0.704. The van der Waals surface area contributed by atoms with Crippen molar-refractivity contribution in [2.45, 2.75) is 234 Å². The topological polar surface area (TPSA) is 109 Å². The maximum atomic E-state index is 5.86. The molecule has 0 atom stereocenters. The van der Waals surface area contributed by atoms with Crippen LogP contribution in [0.3, 0.4) is 0 Å². The zero-order valence-electron chi connectivity index (χ0n) is 46.9. The molecule has 0 saturated carbocycles. The number of nitrogens with zero attached hydrogens (tertiary/aromatic N) is 6. The lowest BCUT2D eigenvalue weighted by Crippen LogP contribution is -1.98. The number of H-pyrrole nitrogens is 2. The Balaban J connectivity index is 1.42. The molecule has 75 heavy (non-hydrogen) atoms. The van der Waals surface area contributed by atoms with Crippen LogP contribution in [0.2, 0.25) is 0 Å². The summed E-state index contributed by atoms with van der Waals surface area (Å²) in [4.78, 5) is 42.0. The average molecular weight is 1030 g/mol. The smallest absolute Gasteiger partial charge is 0.165 e. The SMILES string of the molecule is CCCCCCc1ccc(CCCCCC)c2c1-c1nc-2nc2[nH]c(nc3nc(nc4[nH]c(n1)c1c(CCCCCC)ccc(CCCCCC)c41)-c1cscc1-3)c1c(CCCCCC)ccc(CCCCCC)c21. The first kappa shape index (κ1) is 54.5. The largest absolute Gasteiger partial charge is 0.324 e. The molecule has 0 aliphatic carbocycles. The van der Waals surface area contributed by atoms with Crippen molar-refractivity contribution in [2.75, 3.05) is 0 Å². The lowest BCUT2D eigenvalue weighted by Gasteiger charge is -2.13. The summed E-state index contributed by atoms with van der Waals surface area (Å²) >= 11 is 1.70. The zero-order valence-corrected chi connectivity index (χ0v) is 47.7. The van der Waals surface area contributed by atoms with Crippen LogP contribution in [0.5, 0.6) is 0 Å². The first-order chi connectivity index (χ1) is 37.0. The van der Waals surface area contributed by atoms with Gasteiger partial charge in [0, 0.05) is 54.6 Å². The van der Waals surface area contributed by atoms with Gasteiger partial charge >= 0.3 is 0 Å². The third-order valence-electron chi connectivity index (χ3n) is 16.2. The third-order valence-corrected chi connectivity index (χ3v) is 17.0. The number of thiophene rings is 1. The number of fused-ring (bicyclic) bond motifs is 20. The van der Waals surface area contributed by atoms with Crippen LogP contribution in [0.15, 0.2) is 47.2 Å². The predicted octanol–water partition coefficient (Wildman–Crippen LogP) is 19.7. The summed E-state index contributed by atoms with van der Waals surface area (Å²) in [5.41, 5.74) is 15.7. The highest BCUT2D eigenvalue weighted by molar-refractivity contribution is 7.08. The zero-order chi connectivity index (χ0) is 51.9. The highest BCUT2D eigenvalue weighted by atomic mass is 32.1. The van der Waals surface area contributed by atoms with Gasteiger partial charge in [-0.25, -0.2) is 29.9 Å². The Morgan fingerprint density at radius 3 is 0.840 bits per heavy atom. The maximum absolute atomic E-state index is 5.86. The van der Waals surface area contributed by atoms with Gasteiger partial charge in [0.1, 0.15) is 22.6 Å². The molecule has 9 heteroatoms. The number of aromatic amines is 2. The molecule has 2 N–H and O–H groups in total. The molecule has 0 radical (unpaired) electrons. The van der Waals surface area contributed by atoms with E-state index in [1.54, 1.807) is 11.3 Å². The molecule has 3 aromatic carbocycles. The number of rotatable bonds is 30. The molecule has 398 valence electrons. The Kier molecular flexibility index (Phi) is 19.7. The van der Waals surface area contributed by atoms with E-state index in [9.17, 15) is 0 Å². The van der Waals surface area contributed by atoms with Crippen molar-refractivity contribution in [3.8, 4) is 45.6 Å². The molecular formula is C66H88N8S. The van der Waals surface area contributed by atoms with Gasteiger partial charge < -0.3 is 9.97 Å². The molecule has 2 aliphatic rings. The molecule has 0 unspecified atom stereocenters. The molecule has 8 bridgehead atoms. The van der Waals surface area contributed by atoms with Crippen molar-refractivity contribution >= 4 is 55.5 Å². The number of unbranched alkanes of at least 4 members (excludes halogenated alkanes) is 18. The van der Waals surface area contributed by atoms with Crippen LogP contribution < -0.4 is 0 Å². The Hall–Kier alpha value is -5.28. The minimum atomic E-state index is 0.704. The number of aromatic nitrogens is 8. The Labute approximate surface area is 453 Å². The van der Waals surface area contributed by atoms with Crippen molar-refractivity contribution in [3.05, 3.63) is 80.5 Å². The van der Waals surface area contributed by atoms with Crippen LogP contribution in [0.25, 0.3) is 89.7 Å². The fourth-order valence-corrected chi connectivity index (χ4v) is 12.8. The van der Waals surface area contributed by atoms with Gasteiger partial charge in [0.25, 0.3) is 0 Å². The summed E-state index contributed by atoms with van der Waals surface area (Å²) in [5, 5.41) is 9.16. The van der Waals surface area contributed by atoms with Gasteiger partial charge in [-0.3, -0.25) is 0 Å². The van der Waals surface area contributed by atoms with Crippen molar-refractivity contribution in [1.82, 2.24) is 39.9 Å². The normalized spacial score (nSPS) is 12.1. The van der Waals surface area contributed by atoms with Gasteiger partial charge in [0.2, 0.25) is 0 Å². The van der Waals surface area contributed by atoms with Crippen molar-refractivity contribution in [1.29, 1.82) is 0 Å². The van der Waals surface area contributed by atoms with Crippen LogP contribution in [0, 0.1) is 0 Å². The number of nitrogens with one attached hydrogen (secondary N) is 2. The monoisotopic (exact) mass is 1020 g/mol. The quantitative estimate of drug-likeness (QED) is 0.0434. The van der Waals surface area contributed by atoms with Crippen LogP contribution in [0.1, 0.15) is 229 Å². The van der Waals surface area contributed by atoms with E-state index in [2.05, 4.69) is 98.7 Å². The van der Waals surface area contributed by atoms with Crippen LogP contribution >= 0.6 is 11.3 Å². The highest BCUT2D eigenvalue weighted by Crippen LogP contribution is 2.43. The Morgan fingerprint density at radius 2 is 0.547 bits per heavy atom. The van der Waals surface area contributed by atoms with Crippen molar-refractivity contribution in [3.63, 3.8) is 0 Å². The molecule has 6 heterocycles. The van der Waals surface area contributed by atoms with Crippen LogP contribution in [-0.2, 0) is 38.5 Å². The van der Waals surface area contributed by atoms with E-state index in [0.717, 1.165) is 122 Å². The van der Waals surface area contributed by atoms with E-state index < -0.39 is 0 Å². The minimum Gasteiger partial charge on any atom is -0.324 e. The van der Waals surface area contributed by atoms with E-state index in [-0.39, 0.29) is 0 Å². The van der Waals surface area contributed by atoms with Gasteiger partial charge in [-0.15, -0.1) is 0 Å². The van der Waals surface area contributed by atoms with Crippen molar-refractivity contribution < 1.29 is 0 Å². The molecule has 8 nitrogen and oxygen atoms in total. The Morgan fingerprint density at radius 1 is 0.293 bits per heavy atom. The average Bonchev–Trinajstić information content (AvgIpc) is 4.27. The second kappa shape index (κ2) is 27.2. The number of aryl methyl sites for hydroxylation is 6. The first-order valence-electron chi connectivity index (χ1n) is 30.3. The van der Waals surface area contributed by atoms with Gasteiger partial charge in [-0.2, -0.15) is 11.3 Å². The molecule has 7 aromatic rings. The van der Waals surface area contributed by atoms with Gasteiger partial charge in [-0.1, -0.05) is 194 Å². The van der Waals surface area contributed by atoms with E-state index >= 15 is 0 Å². The number of hydrogen-bond donors (Lipinski definition) is 2. The molecule has 2 aliphatic heterocycles. The van der Waals surface area contributed by atoms with Crippen LogP contribution in [0.4, 0.5) is 0 Å². The summed E-state index contributed by atoms with van der Waals surface area (Å²) in [6.07, 6.45) is 34.7. The van der Waals surface area contributed by atoms with Gasteiger partial charge in [0.15, 0.2) is 23.3 Å². The molecule has 0 saturated heterocycles. The fraction of sp³-hybridized carbons (Fsp3) is 0.545. The summed E-state index contributed by atoms with van der Waals surface area (Å²) < 4.78 is 0. The number of benzene rings is 3. The molecular weight excluding hydrogens is 937 g/mol. The first-order valence-corrected chi connectivity index (χ1v) is 31.3. The molecule has 0 fully saturated rings. The van der Waals surface area contributed by atoms with E-state index in [1.165, 1.54) is 182 Å². The Bertz CT molecular complexity index is 2970. The lowest BCUT2D eigenvalue weighted by molar-refractivity contribution is 0.664. The van der Waals surface area contributed by atoms with Gasteiger partial charge in [-0.05, 0) is 110 Å². The fourth-order valence-electron chi connectivity index (χ4n) is 12.0. The maximum Gasteiger partial charge on any atom is 0.165 e. The summed E-state index contributed by atoms with van der Waals surface area (Å²) in [7, 11) is 0. The third kappa shape index (κ3) is 12.6. The number of hydrogen-bond acceptors (Lipinski definition) is 7. The molecule has 9 rings (SSSR count). The standard InChI is InChI=1S/C66H88N8S/c1-7-13-19-25-31-45-37-39-47(33-27-21-15-9-3)55-53(45)61-68-59-51-43-75-44-52(51)60(67-59)69-62-54-46(32-26-20-14-8-2)38-40-48(34-28-22-16-10-4)56(54)64(71-62)73-66-58-50(36-30-24-18-12-6)42-41-49(35-29-23-17-11-5)57(58)65(74-66)72-63(55)70-61/h37-44H,7-36H2,1-6H3,(H2,67,68,69,70,71,72,73,74). The molecule has 0 amide bonds. The summed E-state index contributed by atoms with van der Waals surface area (Å²) in [6, 6.07) is 14.5.